The predicted octanol–water partition coefficient (Wildman–Crippen LogP) is 0.381. The van der Waals surface area contributed by atoms with Crippen LogP contribution in [0.5, 0.6) is 0 Å². The highest BCUT2D eigenvalue weighted by molar-refractivity contribution is 5.79. The van der Waals surface area contributed by atoms with Gasteiger partial charge in [-0.2, -0.15) is 0 Å². The Morgan fingerprint density at radius 1 is 1.48 bits per heavy atom. The van der Waals surface area contributed by atoms with E-state index in [-0.39, 0.29) is 12.5 Å². The molecule has 0 bridgehead atoms. The third-order valence-electron chi connectivity index (χ3n) is 3.99. The fraction of sp³-hybridized carbons (Fsp3) is 0.611. The van der Waals surface area contributed by atoms with Gasteiger partial charge in [0.25, 0.3) is 0 Å². The van der Waals surface area contributed by atoms with Crippen LogP contribution in [-0.2, 0) is 11.3 Å². The molecule has 0 aliphatic heterocycles. The molecule has 0 aliphatic rings. The summed E-state index contributed by atoms with van der Waals surface area (Å²) in [6.07, 6.45) is 3.43. The molecule has 1 rings (SSSR count). The van der Waals surface area contributed by atoms with Gasteiger partial charge in [-0.15, -0.1) is 0 Å². The number of nitrogens with zero attached hydrogens (tertiary/aromatic N) is 4. The fourth-order valence-electron chi connectivity index (χ4n) is 2.20. The van der Waals surface area contributed by atoms with Crippen LogP contribution < -0.4 is 5.32 Å². The molecule has 1 atom stereocenters. The van der Waals surface area contributed by atoms with Crippen LogP contribution in [0.2, 0.25) is 0 Å². The first-order valence-electron chi connectivity index (χ1n) is 8.68. The smallest absolute Gasteiger partial charge is 0.236 e. The van der Waals surface area contributed by atoms with Crippen LogP contribution in [0, 0.1) is 0 Å². The molecule has 0 aliphatic carbocycles. The van der Waals surface area contributed by atoms with Gasteiger partial charge in [0.1, 0.15) is 0 Å². The highest BCUT2D eigenvalue weighted by Crippen LogP contribution is 2.01. The zero-order valence-electron chi connectivity index (χ0n) is 15.8. The molecule has 0 saturated heterocycles. The van der Waals surface area contributed by atoms with Gasteiger partial charge < -0.3 is 20.2 Å². The monoisotopic (exact) mass is 349 g/mol. The van der Waals surface area contributed by atoms with Crippen molar-refractivity contribution in [2.75, 3.05) is 46.9 Å². The van der Waals surface area contributed by atoms with Crippen molar-refractivity contribution >= 4 is 12.1 Å². The second kappa shape index (κ2) is 11.7. The molecule has 7 heteroatoms. The summed E-state index contributed by atoms with van der Waals surface area (Å²) in [5.41, 5.74) is 1.78. The van der Waals surface area contributed by atoms with Crippen LogP contribution in [0.4, 0.5) is 0 Å². The Kier molecular flexibility index (Phi) is 9.91. The van der Waals surface area contributed by atoms with Crippen molar-refractivity contribution in [3.8, 4) is 0 Å². The number of hydrogen-bond donors (Lipinski definition) is 2. The maximum atomic E-state index is 12.3. The van der Waals surface area contributed by atoms with Gasteiger partial charge in [-0.3, -0.25) is 14.8 Å². The zero-order valence-corrected chi connectivity index (χ0v) is 15.8. The van der Waals surface area contributed by atoms with Crippen LogP contribution in [0.3, 0.4) is 0 Å². The summed E-state index contributed by atoms with van der Waals surface area (Å²) in [5.74, 6) is 0.0943. The summed E-state index contributed by atoms with van der Waals surface area (Å²) in [6.45, 7) is 6.77. The van der Waals surface area contributed by atoms with E-state index in [1.807, 2.05) is 38.1 Å². The third kappa shape index (κ3) is 8.20. The molecule has 0 radical (unpaired) electrons. The van der Waals surface area contributed by atoms with Crippen LogP contribution >= 0.6 is 0 Å². The van der Waals surface area contributed by atoms with E-state index in [0.717, 1.165) is 17.8 Å². The number of aliphatic hydroxyl groups excluding tert-OH is 1. The number of likely N-dealkylation sites (N-methyl/N-ethyl adjacent to an activating group) is 2. The van der Waals surface area contributed by atoms with Gasteiger partial charge in [0.05, 0.1) is 25.4 Å². The van der Waals surface area contributed by atoms with Gasteiger partial charge in [0.2, 0.25) is 5.91 Å². The number of aliphatic hydroxyl groups is 1. The molecule has 2 N–H and O–H groups in total. The molecule has 1 amide bonds. The second-order valence-electron chi connectivity index (χ2n) is 6.19. The lowest BCUT2D eigenvalue weighted by Crippen LogP contribution is -2.44. The number of aliphatic imine (C=N–C) groups is 1. The zero-order chi connectivity index (χ0) is 18.7. The molecule has 7 nitrogen and oxygen atoms in total. The number of pyridine rings is 1. The lowest BCUT2D eigenvalue weighted by Gasteiger charge is -2.28. The molecule has 1 heterocycles. The Bertz CT molecular complexity index is 548. The number of carbonyl (C=O) groups is 1. The van der Waals surface area contributed by atoms with Gasteiger partial charge in [0, 0.05) is 38.1 Å². The molecule has 1 unspecified atom stereocenters. The average molecular weight is 349 g/mol. The highest BCUT2D eigenvalue weighted by Gasteiger charge is 2.15. The Morgan fingerprint density at radius 3 is 2.88 bits per heavy atom. The van der Waals surface area contributed by atoms with Gasteiger partial charge in [-0.1, -0.05) is 0 Å². The lowest BCUT2D eigenvalue weighted by atomic mass is 10.2. The van der Waals surface area contributed by atoms with Gasteiger partial charge in [-0.25, -0.2) is 0 Å². The molecular formula is C18H31N5O2. The van der Waals surface area contributed by atoms with Gasteiger partial charge >= 0.3 is 0 Å². The fourth-order valence-corrected chi connectivity index (χ4v) is 2.20. The summed E-state index contributed by atoms with van der Waals surface area (Å²) in [4.78, 5) is 24.7. The van der Waals surface area contributed by atoms with Crippen molar-refractivity contribution < 1.29 is 9.90 Å². The van der Waals surface area contributed by atoms with E-state index in [1.165, 1.54) is 0 Å². The van der Waals surface area contributed by atoms with E-state index in [2.05, 4.69) is 27.1 Å². The van der Waals surface area contributed by atoms with Crippen molar-refractivity contribution in [1.29, 1.82) is 0 Å². The van der Waals surface area contributed by atoms with E-state index < -0.39 is 0 Å². The number of nitrogens with one attached hydrogen (secondary N) is 1. The van der Waals surface area contributed by atoms with Crippen molar-refractivity contribution in [1.82, 2.24) is 20.1 Å². The van der Waals surface area contributed by atoms with Crippen molar-refractivity contribution in [3.63, 3.8) is 0 Å². The molecule has 25 heavy (non-hydrogen) atoms. The van der Waals surface area contributed by atoms with Crippen LogP contribution in [0.15, 0.2) is 23.3 Å². The molecule has 1 aromatic heterocycles. The van der Waals surface area contributed by atoms with Crippen molar-refractivity contribution in [2.45, 2.75) is 26.4 Å². The first-order chi connectivity index (χ1) is 12.0. The summed E-state index contributed by atoms with van der Waals surface area (Å²) in [5, 5.41) is 11.9. The quantitative estimate of drug-likeness (QED) is 0.565. The van der Waals surface area contributed by atoms with Crippen LogP contribution in [-0.4, -0.2) is 84.9 Å². The van der Waals surface area contributed by atoms with Gasteiger partial charge in [0.15, 0.2) is 0 Å². The maximum Gasteiger partial charge on any atom is 0.236 e. The van der Waals surface area contributed by atoms with E-state index in [9.17, 15) is 4.79 Å². The molecule has 0 fully saturated rings. The van der Waals surface area contributed by atoms with E-state index in [0.29, 0.717) is 32.2 Å². The number of hydrogen-bond acceptors (Lipinski definition) is 6. The SMILES string of the molecule is CCN(CC(C)N(C)C)C(=O)CNCc1cc(/C=N/CCO)ccn1. The first-order valence-corrected chi connectivity index (χ1v) is 8.68. The Labute approximate surface area is 150 Å². The van der Waals surface area contributed by atoms with Crippen LogP contribution in [0.1, 0.15) is 25.1 Å². The summed E-state index contributed by atoms with van der Waals surface area (Å²) < 4.78 is 0. The van der Waals surface area contributed by atoms with E-state index in [1.54, 1.807) is 12.4 Å². The molecule has 140 valence electrons. The van der Waals surface area contributed by atoms with E-state index in [4.69, 9.17) is 5.11 Å². The number of rotatable bonds is 11. The maximum absolute atomic E-state index is 12.3. The normalized spacial score (nSPS) is 12.7. The van der Waals surface area contributed by atoms with E-state index >= 15 is 0 Å². The number of aromatic nitrogens is 1. The number of carbonyl (C=O) groups excluding carboxylic acids is 1. The predicted molar refractivity (Wildman–Crippen MR) is 101 cm³/mol. The summed E-state index contributed by atoms with van der Waals surface area (Å²) in [6, 6.07) is 4.10. The highest BCUT2D eigenvalue weighted by atomic mass is 16.3. The molecule has 0 saturated carbocycles. The molecule has 0 spiro atoms. The molecular weight excluding hydrogens is 318 g/mol. The topological polar surface area (TPSA) is 81.1 Å². The third-order valence-corrected chi connectivity index (χ3v) is 3.99. The summed E-state index contributed by atoms with van der Waals surface area (Å²) >= 11 is 0. The molecule has 1 aromatic rings. The van der Waals surface area contributed by atoms with Crippen molar-refractivity contribution in [3.05, 3.63) is 29.6 Å². The Morgan fingerprint density at radius 2 is 2.24 bits per heavy atom. The minimum absolute atomic E-state index is 0.0402. The first kappa shape index (κ1) is 21.2. The standard InChI is InChI=1S/C18H31N5O2/c1-5-23(14-15(2)22(3)4)18(25)13-20-12-17-10-16(6-7-21-17)11-19-8-9-24/h6-7,10-11,15,20,24H,5,8-9,12-14H2,1-4H3/b19-11+. The average Bonchev–Trinajstić information content (AvgIpc) is 2.59. The lowest BCUT2D eigenvalue weighted by molar-refractivity contribution is -0.130. The number of amides is 1. The molecule has 0 aromatic carbocycles. The largest absolute Gasteiger partial charge is 0.394 e. The second-order valence-corrected chi connectivity index (χ2v) is 6.19. The minimum Gasteiger partial charge on any atom is -0.394 e. The Balaban J connectivity index is 2.47. The van der Waals surface area contributed by atoms with Crippen LogP contribution in [0.25, 0.3) is 0 Å². The van der Waals surface area contributed by atoms with Crippen molar-refractivity contribution in [2.24, 2.45) is 4.99 Å². The Hall–Kier alpha value is -1.83. The van der Waals surface area contributed by atoms with Gasteiger partial charge in [-0.05, 0) is 45.6 Å². The summed E-state index contributed by atoms with van der Waals surface area (Å²) in [7, 11) is 4.04. The minimum atomic E-state index is 0.0402.